The van der Waals surface area contributed by atoms with Crippen molar-refractivity contribution < 1.29 is 0 Å². The Kier molecular flexibility index (Phi) is 4.34. The van der Waals surface area contributed by atoms with E-state index in [9.17, 15) is 0 Å². The summed E-state index contributed by atoms with van der Waals surface area (Å²) in [6, 6.07) is 8.97. The van der Waals surface area contributed by atoms with Crippen molar-refractivity contribution in [3.05, 3.63) is 44.8 Å². The highest BCUT2D eigenvalue weighted by molar-refractivity contribution is 7.10. The zero-order valence-corrected chi connectivity index (χ0v) is 11.8. The molecule has 0 spiro atoms. The van der Waals surface area contributed by atoms with E-state index in [1.807, 2.05) is 0 Å². The number of hydrogen-bond donors (Lipinski definition) is 1. The molecule has 4 heteroatoms. The Hall–Kier alpha value is -0.680. The monoisotopic (exact) mass is 266 g/mol. The van der Waals surface area contributed by atoms with Crippen LogP contribution in [0, 0.1) is 0 Å². The summed E-state index contributed by atoms with van der Waals surface area (Å²) < 4.78 is 0. The molecule has 0 saturated carbocycles. The van der Waals surface area contributed by atoms with Gasteiger partial charge in [0, 0.05) is 22.3 Å². The zero-order chi connectivity index (χ0) is 12.3. The van der Waals surface area contributed by atoms with Crippen LogP contribution in [0.2, 0.25) is 0 Å². The summed E-state index contributed by atoms with van der Waals surface area (Å²) in [7, 11) is 2.15. The summed E-state index contributed by atoms with van der Waals surface area (Å²) in [5, 5.41) is 4.24. The second kappa shape index (κ2) is 5.78. The minimum atomic E-state index is 0.138. The molecule has 0 aliphatic heterocycles. The third-order valence-electron chi connectivity index (χ3n) is 2.79. The first-order valence-electron chi connectivity index (χ1n) is 5.70. The molecule has 0 fully saturated rings. The lowest BCUT2D eigenvalue weighted by Crippen LogP contribution is -2.36. The predicted octanol–water partition coefficient (Wildman–Crippen LogP) is 3.33. The Morgan fingerprint density at radius 3 is 2.47 bits per heavy atom. The second-order valence-electron chi connectivity index (χ2n) is 4.31. The van der Waals surface area contributed by atoms with Crippen LogP contribution in [0.3, 0.4) is 0 Å². The summed E-state index contributed by atoms with van der Waals surface area (Å²) in [6.07, 6.45) is 0. The first-order valence-corrected chi connectivity index (χ1v) is 7.46. The number of thiophene rings is 2. The molecule has 0 aliphatic carbocycles. The molecule has 0 bridgehead atoms. The van der Waals surface area contributed by atoms with E-state index in [0.29, 0.717) is 6.04 Å². The van der Waals surface area contributed by atoms with E-state index in [2.05, 4.69) is 53.9 Å². The molecule has 17 heavy (non-hydrogen) atoms. The summed E-state index contributed by atoms with van der Waals surface area (Å²) >= 11 is 3.58. The van der Waals surface area contributed by atoms with Gasteiger partial charge in [-0.2, -0.15) is 0 Å². The maximum atomic E-state index is 6.13. The van der Waals surface area contributed by atoms with Crippen LogP contribution in [0.4, 0.5) is 0 Å². The Bertz CT molecular complexity index is 420. The molecule has 92 valence electrons. The summed E-state index contributed by atoms with van der Waals surface area (Å²) in [5.41, 5.74) is 6.13. The van der Waals surface area contributed by atoms with Crippen LogP contribution in [0.1, 0.15) is 22.7 Å². The highest BCUT2D eigenvalue weighted by Crippen LogP contribution is 2.28. The number of hydrogen-bond acceptors (Lipinski definition) is 4. The molecule has 0 radical (unpaired) electrons. The van der Waals surface area contributed by atoms with E-state index in [-0.39, 0.29) is 6.04 Å². The van der Waals surface area contributed by atoms with E-state index in [0.717, 1.165) is 6.54 Å². The molecule has 2 nitrogen and oxygen atoms in total. The summed E-state index contributed by atoms with van der Waals surface area (Å²) in [6.45, 7) is 3.04. The predicted molar refractivity (Wildman–Crippen MR) is 76.5 cm³/mol. The average Bonchev–Trinajstić information content (AvgIpc) is 2.89. The highest BCUT2D eigenvalue weighted by atomic mass is 32.1. The van der Waals surface area contributed by atoms with E-state index >= 15 is 0 Å². The lowest BCUT2D eigenvalue weighted by molar-refractivity contribution is 0.216. The van der Waals surface area contributed by atoms with Gasteiger partial charge in [-0.1, -0.05) is 12.1 Å². The van der Waals surface area contributed by atoms with Crippen LogP contribution in [-0.4, -0.2) is 18.0 Å². The first kappa shape index (κ1) is 12.8. The van der Waals surface area contributed by atoms with Gasteiger partial charge in [-0.25, -0.2) is 0 Å². The van der Waals surface area contributed by atoms with Crippen molar-refractivity contribution >= 4 is 22.7 Å². The Morgan fingerprint density at radius 2 is 1.94 bits per heavy atom. The van der Waals surface area contributed by atoms with Gasteiger partial charge >= 0.3 is 0 Å². The molecule has 0 aliphatic rings. The van der Waals surface area contributed by atoms with Gasteiger partial charge in [-0.05, 0) is 36.9 Å². The SMILES string of the molecule is CC(N)C(c1cccs1)N(C)Cc1cccs1. The van der Waals surface area contributed by atoms with Crippen molar-refractivity contribution in [2.45, 2.75) is 25.6 Å². The van der Waals surface area contributed by atoms with Crippen molar-refractivity contribution in [3.8, 4) is 0 Å². The van der Waals surface area contributed by atoms with Crippen LogP contribution >= 0.6 is 22.7 Å². The number of rotatable bonds is 5. The van der Waals surface area contributed by atoms with Crippen LogP contribution in [0.25, 0.3) is 0 Å². The van der Waals surface area contributed by atoms with Crippen molar-refractivity contribution in [1.29, 1.82) is 0 Å². The van der Waals surface area contributed by atoms with Crippen molar-refractivity contribution in [2.24, 2.45) is 5.73 Å². The summed E-state index contributed by atoms with van der Waals surface area (Å²) in [4.78, 5) is 5.07. The van der Waals surface area contributed by atoms with E-state index in [1.54, 1.807) is 22.7 Å². The second-order valence-corrected chi connectivity index (χ2v) is 6.33. The molecule has 2 aromatic heterocycles. The maximum Gasteiger partial charge on any atom is 0.0591 e. The standard InChI is InChI=1S/C13H18N2S2/c1-10(14)13(12-6-4-8-17-12)15(2)9-11-5-3-7-16-11/h3-8,10,13H,9,14H2,1-2H3. The molecule has 2 unspecified atom stereocenters. The lowest BCUT2D eigenvalue weighted by atomic mass is 10.1. The molecule has 0 saturated heterocycles. The number of nitrogens with zero attached hydrogens (tertiary/aromatic N) is 1. The largest absolute Gasteiger partial charge is 0.326 e. The zero-order valence-electron chi connectivity index (χ0n) is 10.2. The normalized spacial score (nSPS) is 15.1. The molecule has 0 aromatic carbocycles. The Balaban J connectivity index is 2.11. The lowest BCUT2D eigenvalue weighted by Gasteiger charge is -2.29. The molecule has 2 heterocycles. The van der Waals surface area contributed by atoms with Gasteiger partial charge in [0.05, 0.1) is 6.04 Å². The fourth-order valence-electron chi connectivity index (χ4n) is 2.08. The first-order chi connectivity index (χ1) is 8.18. The van der Waals surface area contributed by atoms with Gasteiger partial charge in [0.15, 0.2) is 0 Å². The minimum Gasteiger partial charge on any atom is -0.326 e. The quantitative estimate of drug-likeness (QED) is 0.899. The average molecular weight is 266 g/mol. The molecular weight excluding hydrogens is 248 g/mol. The van der Waals surface area contributed by atoms with Crippen LogP contribution in [-0.2, 0) is 6.54 Å². The van der Waals surface area contributed by atoms with Gasteiger partial charge < -0.3 is 5.73 Å². The van der Waals surface area contributed by atoms with Crippen LogP contribution in [0.15, 0.2) is 35.0 Å². The Morgan fingerprint density at radius 1 is 1.24 bits per heavy atom. The molecule has 2 rings (SSSR count). The molecule has 2 N–H and O–H groups in total. The summed E-state index contributed by atoms with van der Waals surface area (Å²) in [5.74, 6) is 0. The van der Waals surface area contributed by atoms with E-state index in [1.165, 1.54) is 9.75 Å². The fraction of sp³-hybridized carbons (Fsp3) is 0.385. The van der Waals surface area contributed by atoms with Crippen molar-refractivity contribution in [2.75, 3.05) is 7.05 Å². The maximum absolute atomic E-state index is 6.13. The number of nitrogens with two attached hydrogens (primary N) is 1. The Labute approximate surface area is 111 Å². The molecule has 2 atom stereocenters. The van der Waals surface area contributed by atoms with Gasteiger partial charge in [0.2, 0.25) is 0 Å². The minimum absolute atomic E-state index is 0.138. The highest BCUT2D eigenvalue weighted by Gasteiger charge is 2.22. The molecular formula is C13H18N2S2. The van der Waals surface area contributed by atoms with Crippen LogP contribution in [0.5, 0.6) is 0 Å². The third-order valence-corrected chi connectivity index (χ3v) is 4.60. The van der Waals surface area contributed by atoms with Crippen molar-refractivity contribution in [1.82, 2.24) is 4.90 Å². The molecule has 2 aromatic rings. The van der Waals surface area contributed by atoms with Gasteiger partial charge in [0.25, 0.3) is 0 Å². The van der Waals surface area contributed by atoms with E-state index in [4.69, 9.17) is 5.73 Å². The van der Waals surface area contributed by atoms with Gasteiger partial charge in [-0.3, -0.25) is 4.90 Å². The fourth-order valence-corrected chi connectivity index (χ4v) is 3.86. The van der Waals surface area contributed by atoms with Crippen molar-refractivity contribution in [3.63, 3.8) is 0 Å². The van der Waals surface area contributed by atoms with Gasteiger partial charge in [0.1, 0.15) is 0 Å². The smallest absolute Gasteiger partial charge is 0.0591 e. The number of likely N-dealkylation sites (N-methyl/N-ethyl adjacent to an activating group) is 1. The topological polar surface area (TPSA) is 29.3 Å². The third kappa shape index (κ3) is 3.16. The van der Waals surface area contributed by atoms with E-state index < -0.39 is 0 Å². The van der Waals surface area contributed by atoms with Gasteiger partial charge in [-0.15, -0.1) is 22.7 Å². The van der Waals surface area contributed by atoms with Crippen LogP contribution < -0.4 is 5.73 Å². The molecule has 0 amide bonds.